The molecule has 0 heterocycles. The Bertz CT molecular complexity index is 943. The Balaban J connectivity index is 2.87. The van der Waals surface area contributed by atoms with Crippen molar-refractivity contribution < 1.29 is 19.1 Å². The van der Waals surface area contributed by atoms with Crippen LogP contribution in [-0.4, -0.2) is 24.1 Å². The average molecular weight is 473 g/mol. The fourth-order valence-electron chi connectivity index (χ4n) is 3.21. The van der Waals surface area contributed by atoms with Crippen molar-refractivity contribution in [3.63, 3.8) is 0 Å². The zero-order chi connectivity index (χ0) is 22.9. The summed E-state index contributed by atoms with van der Waals surface area (Å²) in [6, 6.07) is 6.94. The number of halogens is 1. The molecule has 1 aliphatic carbocycles. The number of rotatable bonds is 4. The highest BCUT2D eigenvalue weighted by atomic mass is 79.9. The normalized spacial score (nSPS) is 14.8. The summed E-state index contributed by atoms with van der Waals surface area (Å²) in [5.74, 6) is -1.20. The summed E-state index contributed by atoms with van der Waals surface area (Å²) < 4.78 is 5.82. The lowest BCUT2D eigenvalue weighted by molar-refractivity contribution is -0.138. The molecule has 0 aliphatic heterocycles. The Labute approximate surface area is 187 Å². The molecule has 2 rings (SSSR count). The quantitative estimate of drug-likeness (QED) is 0.176. The maximum absolute atomic E-state index is 13.4. The zero-order valence-electron chi connectivity index (χ0n) is 18.7. The number of ketones is 2. The maximum atomic E-state index is 13.4. The van der Waals surface area contributed by atoms with Gasteiger partial charge in [0.15, 0.2) is 5.78 Å². The van der Waals surface area contributed by atoms with Gasteiger partial charge in [0.05, 0.1) is 6.61 Å². The van der Waals surface area contributed by atoms with Crippen molar-refractivity contribution in [2.45, 2.75) is 48.5 Å². The van der Waals surface area contributed by atoms with Crippen molar-refractivity contribution in [2.75, 3.05) is 6.61 Å². The number of allylic oxidation sites excluding steroid dienone is 5. The van der Waals surface area contributed by atoms with Gasteiger partial charge in [-0.25, -0.2) is 4.79 Å². The van der Waals surface area contributed by atoms with Gasteiger partial charge in [-0.3, -0.25) is 9.59 Å². The molecule has 0 unspecified atom stereocenters. The van der Waals surface area contributed by atoms with Gasteiger partial charge >= 0.3 is 5.97 Å². The third-order valence-electron chi connectivity index (χ3n) is 4.82. The Kier molecular flexibility index (Phi) is 7.08. The number of ether oxygens (including phenoxy) is 1. The number of hydrogen-bond donors (Lipinski definition) is 0. The van der Waals surface area contributed by atoms with Crippen molar-refractivity contribution >= 4 is 33.5 Å². The number of carbonyl (C=O) groups excluding carboxylic acids is 3. The van der Waals surface area contributed by atoms with Crippen LogP contribution in [0.4, 0.5) is 0 Å². The van der Waals surface area contributed by atoms with Crippen LogP contribution in [0.15, 0.2) is 63.2 Å². The summed E-state index contributed by atoms with van der Waals surface area (Å²) in [4.78, 5) is 39.6. The van der Waals surface area contributed by atoms with Crippen molar-refractivity contribution in [1.82, 2.24) is 0 Å². The zero-order valence-corrected chi connectivity index (χ0v) is 20.3. The van der Waals surface area contributed by atoms with Crippen LogP contribution in [0.5, 0.6) is 0 Å². The summed E-state index contributed by atoms with van der Waals surface area (Å²) in [5, 5.41) is 0. The third-order valence-corrected chi connectivity index (χ3v) is 5.51. The van der Waals surface area contributed by atoms with E-state index in [0.717, 1.165) is 0 Å². The van der Waals surface area contributed by atoms with Crippen molar-refractivity contribution in [1.29, 1.82) is 0 Å². The fraction of sp³-hybridized carbons (Fsp3) is 0.400. The van der Waals surface area contributed by atoms with Crippen LogP contribution >= 0.6 is 15.9 Å². The molecular weight excluding hydrogens is 444 g/mol. The molecule has 5 heteroatoms. The highest BCUT2D eigenvalue weighted by Crippen LogP contribution is 2.40. The Hall–Kier alpha value is -2.27. The highest BCUT2D eigenvalue weighted by molar-refractivity contribution is 9.10. The first-order valence-electron chi connectivity index (χ1n) is 9.98. The van der Waals surface area contributed by atoms with E-state index in [9.17, 15) is 14.4 Å². The summed E-state index contributed by atoms with van der Waals surface area (Å²) in [6.07, 6.45) is 3.33. The van der Waals surface area contributed by atoms with Crippen LogP contribution in [0.3, 0.4) is 0 Å². The SMILES string of the molecule is CCOC(=O)C(C(=O)c1ccccc1Br)=C1C=C(C(C)(C)C)C(=O)C(C(C)(C)C)=C1. The minimum absolute atomic E-state index is 0.0599. The molecule has 0 bridgehead atoms. The van der Waals surface area contributed by atoms with Crippen molar-refractivity contribution in [2.24, 2.45) is 10.8 Å². The van der Waals surface area contributed by atoms with E-state index >= 15 is 0 Å². The molecule has 0 saturated heterocycles. The Morgan fingerprint density at radius 1 is 0.933 bits per heavy atom. The van der Waals surface area contributed by atoms with Gasteiger partial charge in [0.2, 0.25) is 5.78 Å². The van der Waals surface area contributed by atoms with Crippen molar-refractivity contribution in [3.8, 4) is 0 Å². The molecule has 0 atom stereocenters. The van der Waals surface area contributed by atoms with E-state index in [0.29, 0.717) is 26.8 Å². The number of hydrogen-bond acceptors (Lipinski definition) is 4. The van der Waals surface area contributed by atoms with E-state index in [1.165, 1.54) is 0 Å². The molecule has 160 valence electrons. The molecule has 0 N–H and O–H groups in total. The fourth-order valence-corrected chi connectivity index (χ4v) is 3.68. The Morgan fingerprint density at radius 3 is 1.87 bits per heavy atom. The maximum Gasteiger partial charge on any atom is 0.342 e. The molecule has 1 aromatic carbocycles. The average Bonchev–Trinajstić information content (AvgIpc) is 2.61. The number of esters is 1. The van der Waals surface area contributed by atoms with Gasteiger partial charge < -0.3 is 4.74 Å². The predicted octanol–water partition coefficient (Wildman–Crippen LogP) is 6.02. The lowest BCUT2D eigenvalue weighted by atomic mass is 9.71. The van der Waals surface area contributed by atoms with E-state index in [1.54, 1.807) is 43.3 Å². The van der Waals surface area contributed by atoms with Crippen molar-refractivity contribution in [3.05, 3.63) is 68.7 Å². The molecule has 0 aromatic heterocycles. The molecule has 0 fully saturated rings. The molecule has 30 heavy (non-hydrogen) atoms. The van der Waals surface area contributed by atoms with Gasteiger partial charge in [-0.2, -0.15) is 0 Å². The number of benzene rings is 1. The van der Waals surface area contributed by atoms with Crippen LogP contribution < -0.4 is 0 Å². The highest BCUT2D eigenvalue weighted by Gasteiger charge is 2.36. The van der Waals surface area contributed by atoms with Crippen LogP contribution in [0.25, 0.3) is 0 Å². The second-order valence-electron chi connectivity index (χ2n) is 9.30. The molecule has 0 saturated carbocycles. The van der Waals surface area contributed by atoms with E-state index in [2.05, 4.69) is 15.9 Å². The number of carbonyl (C=O) groups is 3. The molecular formula is C25H29BrO4. The lowest BCUT2D eigenvalue weighted by Gasteiger charge is -2.31. The monoisotopic (exact) mass is 472 g/mol. The van der Waals surface area contributed by atoms with Crippen LogP contribution in [0.1, 0.15) is 58.8 Å². The van der Waals surface area contributed by atoms with Crippen LogP contribution in [0.2, 0.25) is 0 Å². The molecule has 0 radical (unpaired) electrons. The lowest BCUT2D eigenvalue weighted by Crippen LogP contribution is -2.29. The van der Waals surface area contributed by atoms with Gasteiger partial charge in [-0.15, -0.1) is 0 Å². The topological polar surface area (TPSA) is 60.4 Å². The molecule has 1 aliphatic rings. The summed E-state index contributed by atoms with van der Waals surface area (Å²) in [6.45, 7) is 13.5. The summed E-state index contributed by atoms with van der Waals surface area (Å²) in [7, 11) is 0. The third kappa shape index (κ3) is 5.07. The largest absolute Gasteiger partial charge is 0.462 e. The van der Waals surface area contributed by atoms with Gasteiger partial charge in [-0.05, 0) is 47.6 Å². The minimum Gasteiger partial charge on any atom is -0.462 e. The van der Waals surface area contributed by atoms with Gasteiger partial charge in [-0.1, -0.05) is 69.6 Å². The summed E-state index contributed by atoms with van der Waals surface area (Å²) >= 11 is 3.39. The van der Waals surface area contributed by atoms with Crippen LogP contribution in [0, 0.1) is 10.8 Å². The van der Waals surface area contributed by atoms with E-state index in [-0.39, 0.29) is 18.0 Å². The smallest absolute Gasteiger partial charge is 0.342 e. The molecule has 4 nitrogen and oxygen atoms in total. The first-order chi connectivity index (χ1) is 13.8. The first kappa shape index (κ1) is 24.0. The molecule has 1 aromatic rings. The predicted molar refractivity (Wildman–Crippen MR) is 122 cm³/mol. The Morgan fingerprint density at radius 2 is 1.43 bits per heavy atom. The second-order valence-corrected chi connectivity index (χ2v) is 10.2. The van der Waals surface area contributed by atoms with Gasteiger partial charge in [0, 0.05) is 21.2 Å². The minimum atomic E-state index is -0.698. The van der Waals surface area contributed by atoms with E-state index < -0.39 is 22.6 Å². The van der Waals surface area contributed by atoms with Gasteiger partial charge in [0.1, 0.15) is 5.57 Å². The molecule has 0 spiro atoms. The first-order valence-corrected chi connectivity index (χ1v) is 10.8. The number of Topliss-reactive ketones (excluding diaryl/α,β-unsaturated/α-hetero) is 2. The van der Waals surface area contributed by atoms with E-state index in [1.807, 2.05) is 41.5 Å². The standard InChI is InChI=1S/C25H29BrO4/c1-8-30-23(29)20(21(27)16-11-9-10-12-19(16)26)15-13-17(24(2,3)4)22(28)18(14-15)25(5,6)7/h9-14H,8H2,1-7H3. The summed E-state index contributed by atoms with van der Waals surface area (Å²) in [5.41, 5.74) is 0.912. The van der Waals surface area contributed by atoms with Gasteiger partial charge in [0.25, 0.3) is 0 Å². The second kappa shape index (κ2) is 8.84. The van der Waals surface area contributed by atoms with Crippen LogP contribution in [-0.2, 0) is 14.3 Å². The molecule has 0 amide bonds. The van der Waals surface area contributed by atoms with E-state index in [4.69, 9.17) is 4.74 Å².